The molecule has 160 valence electrons. The Hall–Kier alpha value is -2.05. The highest BCUT2D eigenvalue weighted by molar-refractivity contribution is 7.89. The van der Waals surface area contributed by atoms with Crippen LogP contribution in [-0.4, -0.2) is 58.4 Å². The number of hydrogen-bond acceptors (Lipinski definition) is 6. The van der Waals surface area contributed by atoms with E-state index in [1.54, 1.807) is 0 Å². The Morgan fingerprint density at radius 2 is 1.83 bits per heavy atom. The predicted octanol–water partition coefficient (Wildman–Crippen LogP) is 1.97. The topological polar surface area (TPSA) is 93.0 Å². The predicted molar refractivity (Wildman–Crippen MR) is 99.7 cm³/mol. The van der Waals surface area contributed by atoms with Crippen molar-refractivity contribution in [3.05, 3.63) is 35.7 Å². The summed E-state index contributed by atoms with van der Waals surface area (Å²) in [4.78, 5) is 2.09. The number of rotatable bonds is 7. The molecule has 1 aliphatic rings. The summed E-state index contributed by atoms with van der Waals surface area (Å²) in [5.74, 6) is 0.629. The molecule has 0 aliphatic carbocycles. The zero-order valence-corrected chi connectivity index (χ0v) is 16.7. The average Bonchev–Trinajstić information content (AvgIpc) is 3.10. The Morgan fingerprint density at radius 3 is 2.41 bits per heavy atom. The van der Waals surface area contributed by atoms with Crippen LogP contribution in [-0.2, 0) is 22.7 Å². The zero-order chi connectivity index (χ0) is 21.1. The third-order valence-electron chi connectivity index (χ3n) is 4.74. The molecule has 0 bridgehead atoms. The van der Waals surface area contributed by atoms with Crippen LogP contribution in [0.25, 0.3) is 5.69 Å². The van der Waals surface area contributed by atoms with Gasteiger partial charge in [-0.05, 0) is 54.0 Å². The molecule has 1 aromatic heterocycles. The molecule has 1 N–H and O–H groups in total. The first-order chi connectivity index (χ1) is 13.7. The van der Waals surface area contributed by atoms with Crippen LogP contribution in [0, 0.1) is 0 Å². The third-order valence-corrected chi connectivity index (χ3v) is 6.38. The molecule has 1 fully saturated rings. The van der Waals surface area contributed by atoms with E-state index in [1.807, 2.05) is 6.92 Å². The number of piperidine rings is 1. The van der Waals surface area contributed by atoms with Crippen LogP contribution in [0.5, 0.6) is 0 Å². The van der Waals surface area contributed by atoms with E-state index >= 15 is 0 Å². The molecule has 3 rings (SSSR count). The molecule has 0 unspecified atom stereocenters. The Balaban J connectivity index is 1.60. The van der Waals surface area contributed by atoms with Gasteiger partial charge in [0.2, 0.25) is 10.0 Å². The van der Waals surface area contributed by atoms with E-state index in [1.165, 1.54) is 16.8 Å². The van der Waals surface area contributed by atoms with Crippen LogP contribution in [0.15, 0.2) is 24.3 Å². The van der Waals surface area contributed by atoms with Crippen LogP contribution in [0.3, 0.4) is 0 Å². The molecule has 2 heterocycles. The van der Waals surface area contributed by atoms with Crippen LogP contribution in [0.4, 0.5) is 13.2 Å². The second-order valence-electron chi connectivity index (χ2n) is 7.04. The first-order valence-electron chi connectivity index (χ1n) is 9.35. The first kappa shape index (κ1) is 21.7. The minimum absolute atomic E-state index is 0.0892. The van der Waals surface area contributed by atoms with Gasteiger partial charge in [0.05, 0.1) is 23.5 Å². The van der Waals surface area contributed by atoms with Crippen LogP contribution in [0.1, 0.15) is 37.6 Å². The van der Waals surface area contributed by atoms with Crippen molar-refractivity contribution in [2.24, 2.45) is 0 Å². The van der Waals surface area contributed by atoms with Gasteiger partial charge < -0.3 is 0 Å². The van der Waals surface area contributed by atoms with Crippen molar-refractivity contribution < 1.29 is 21.6 Å². The van der Waals surface area contributed by atoms with E-state index in [2.05, 4.69) is 25.1 Å². The molecule has 2 aromatic rings. The monoisotopic (exact) mass is 432 g/mol. The summed E-state index contributed by atoms with van der Waals surface area (Å²) in [7, 11) is -3.24. The van der Waals surface area contributed by atoms with Gasteiger partial charge in [-0.1, -0.05) is 6.92 Å². The molecule has 12 heteroatoms. The quantitative estimate of drug-likeness (QED) is 0.719. The number of likely N-dealkylation sites (tertiary alicyclic amines) is 1. The van der Waals surface area contributed by atoms with Gasteiger partial charge >= 0.3 is 6.18 Å². The van der Waals surface area contributed by atoms with Crippen molar-refractivity contribution in [2.75, 3.05) is 18.8 Å². The van der Waals surface area contributed by atoms with Gasteiger partial charge in [0.1, 0.15) is 0 Å². The largest absolute Gasteiger partial charge is 0.416 e. The second-order valence-corrected chi connectivity index (χ2v) is 8.91. The fraction of sp³-hybridized carbons (Fsp3) is 0.588. The van der Waals surface area contributed by atoms with Gasteiger partial charge in [-0.2, -0.15) is 17.9 Å². The van der Waals surface area contributed by atoms with Crippen molar-refractivity contribution in [2.45, 2.75) is 44.9 Å². The van der Waals surface area contributed by atoms with Gasteiger partial charge in [0.15, 0.2) is 5.82 Å². The lowest BCUT2D eigenvalue weighted by atomic mass is 10.1. The smallest absolute Gasteiger partial charge is 0.296 e. The van der Waals surface area contributed by atoms with E-state index in [0.717, 1.165) is 12.1 Å². The van der Waals surface area contributed by atoms with E-state index in [4.69, 9.17) is 0 Å². The summed E-state index contributed by atoms with van der Waals surface area (Å²) in [5, 5.41) is 11.5. The molecular weight excluding hydrogens is 409 g/mol. The van der Waals surface area contributed by atoms with Crippen molar-refractivity contribution in [1.82, 2.24) is 29.8 Å². The molecule has 8 nitrogen and oxygen atoms in total. The number of alkyl halides is 3. The maximum Gasteiger partial charge on any atom is 0.416 e. The van der Waals surface area contributed by atoms with Crippen molar-refractivity contribution in [3.8, 4) is 5.69 Å². The maximum absolute atomic E-state index is 12.7. The molecular formula is C17H23F3N6O2S. The summed E-state index contributed by atoms with van der Waals surface area (Å²) in [6, 6.07) is 4.56. The lowest BCUT2D eigenvalue weighted by Gasteiger charge is -2.31. The van der Waals surface area contributed by atoms with E-state index < -0.39 is 21.8 Å². The van der Waals surface area contributed by atoms with Crippen molar-refractivity contribution in [1.29, 1.82) is 0 Å². The fourth-order valence-corrected chi connectivity index (χ4v) is 4.69. The number of halogens is 3. The molecule has 1 aliphatic heterocycles. The first-order valence-corrected chi connectivity index (χ1v) is 11.0. The number of benzene rings is 1. The normalized spacial score (nSPS) is 17.0. The summed E-state index contributed by atoms with van der Waals surface area (Å²) in [6.45, 7) is 3.57. The number of sulfonamides is 1. The van der Waals surface area contributed by atoms with E-state index in [9.17, 15) is 21.6 Å². The van der Waals surface area contributed by atoms with Gasteiger partial charge in [-0.25, -0.2) is 13.1 Å². The third kappa shape index (κ3) is 5.73. The second kappa shape index (κ2) is 8.76. The lowest BCUT2D eigenvalue weighted by molar-refractivity contribution is -0.137. The number of tetrazole rings is 1. The highest BCUT2D eigenvalue weighted by Crippen LogP contribution is 2.29. The Labute approximate surface area is 167 Å². The summed E-state index contributed by atoms with van der Waals surface area (Å²) in [6.07, 6.45) is -2.48. The molecule has 1 aromatic carbocycles. The Morgan fingerprint density at radius 1 is 1.17 bits per heavy atom. The highest BCUT2D eigenvalue weighted by Gasteiger charge is 2.30. The van der Waals surface area contributed by atoms with Crippen LogP contribution < -0.4 is 4.72 Å². The molecule has 1 saturated heterocycles. The van der Waals surface area contributed by atoms with Gasteiger partial charge in [0.25, 0.3) is 0 Å². The number of nitrogens with one attached hydrogen (secondary N) is 1. The maximum atomic E-state index is 12.7. The Bertz CT molecular complexity index is 906. The van der Waals surface area contributed by atoms with Crippen molar-refractivity contribution >= 4 is 10.0 Å². The van der Waals surface area contributed by atoms with E-state index in [0.29, 0.717) is 50.4 Å². The van der Waals surface area contributed by atoms with Crippen molar-refractivity contribution in [3.63, 3.8) is 0 Å². The lowest BCUT2D eigenvalue weighted by Crippen LogP contribution is -2.45. The minimum Gasteiger partial charge on any atom is -0.296 e. The molecule has 0 atom stereocenters. The summed E-state index contributed by atoms with van der Waals surface area (Å²) in [5.41, 5.74) is -0.288. The molecule has 0 spiro atoms. The average molecular weight is 432 g/mol. The number of nitrogens with zero attached hydrogens (tertiary/aromatic N) is 5. The number of aromatic nitrogens is 4. The van der Waals surface area contributed by atoms with Gasteiger partial charge in [0, 0.05) is 19.1 Å². The SMILES string of the molecule is CCCS(=O)(=O)NC1CCN(Cc2nnnn2-c2ccc(C(F)(F)F)cc2)CC1. The summed E-state index contributed by atoms with van der Waals surface area (Å²) >= 11 is 0. The summed E-state index contributed by atoms with van der Waals surface area (Å²) < 4.78 is 66.1. The fourth-order valence-electron chi connectivity index (χ4n) is 3.29. The van der Waals surface area contributed by atoms with E-state index in [-0.39, 0.29) is 11.8 Å². The number of hydrogen-bond donors (Lipinski definition) is 1. The van der Waals surface area contributed by atoms with Gasteiger partial charge in [-0.3, -0.25) is 4.90 Å². The molecule has 0 radical (unpaired) electrons. The molecule has 29 heavy (non-hydrogen) atoms. The molecule has 0 saturated carbocycles. The van der Waals surface area contributed by atoms with Gasteiger partial charge in [-0.15, -0.1) is 5.10 Å². The zero-order valence-electron chi connectivity index (χ0n) is 15.9. The minimum atomic E-state index is -4.40. The van der Waals surface area contributed by atoms with Crippen LogP contribution >= 0.6 is 0 Å². The highest BCUT2D eigenvalue weighted by atomic mass is 32.2. The standard InChI is InChI=1S/C17H23F3N6O2S/c1-2-11-29(27,28)22-14-7-9-25(10-8-14)12-16-21-23-24-26(16)15-5-3-13(4-6-15)17(18,19)20/h3-6,14,22H,2,7-12H2,1H3. The Kier molecular flexibility index (Phi) is 6.54. The van der Waals surface area contributed by atoms with Crippen LogP contribution in [0.2, 0.25) is 0 Å². The molecule has 0 amide bonds.